The highest BCUT2D eigenvalue weighted by molar-refractivity contribution is 5.44. The third-order valence-electron chi connectivity index (χ3n) is 8.61. The van der Waals surface area contributed by atoms with Crippen LogP contribution in [-0.4, -0.2) is 39.1 Å². The van der Waals surface area contributed by atoms with Crippen molar-refractivity contribution in [2.75, 3.05) is 0 Å². The average Bonchev–Trinajstić information content (AvgIpc) is 3.03. The van der Waals surface area contributed by atoms with Crippen molar-refractivity contribution in [2.24, 2.45) is 23.2 Å². The number of allylic oxidation sites excluding steroid dienone is 3. The predicted molar refractivity (Wildman–Crippen MR) is 124 cm³/mol. The molecular formula is C27H42F2O3. The molecule has 0 amide bonds. The number of aliphatic hydroxyl groups is 3. The SMILES string of the molecule is C=C1C(=CC=C2CCC[C@@]3(C)C2CC[C@@H]3[C@H](C)CCCC(C)(C)O)C(F)(F)[C@@H](O)CC1O. The van der Waals surface area contributed by atoms with E-state index < -0.39 is 23.7 Å². The molecule has 3 saturated carbocycles. The molecule has 3 N–H and O–H groups in total. The van der Waals surface area contributed by atoms with Crippen molar-refractivity contribution in [2.45, 2.75) is 109 Å². The van der Waals surface area contributed by atoms with Crippen LogP contribution in [0.3, 0.4) is 0 Å². The maximum absolute atomic E-state index is 14.6. The first-order chi connectivity index (χ1) is 14.8. The van der Waals surface area contributed by atoms with Gasteiger partial charge in [-0.05, 0) is 81.1 Å². The van der Waals surface area contributed by atoms with Crippen LogP contribution >= 0.6 is 0 Å². The zero-order chi connectivity index (χ0) is 23.9. The van der Waals surface area contributed by atoms with Crippen molar-refractivity contribution >= 4 is 0 Å². The molecule has 0 saturated heterocycles. The molecule has 0 aromatic rings. The van der Waals surface area contributed by atoms with Gasteiger partial charge in [0, 0.05) is 12.0 Å². The highest BCUT2D eigenvalue weighted by Crippen LogP contribution is 2.60. The van der Waals surface area contributed by atoms with E-state index in [1.807, 2.05) is 19.9 Å². The minimum Gasteiger partial charge on any atom is -0.390 e. The maximum atomic E-state index is 14.6. The van der Waals surface area contributed by atoms with Gasteiger partial charge in [0.1, 0.15) is 6.10 Å². The van der Waals surface area contributed by atoms with Crippen molar-refractivity contribution in [3.8, 4) is 0 Å². The molecule has 0 heterocycles. The quantitative estimate of drug-likeness (QED) is 0.467. The van der Waals surface area contributed by atoms with Gasteiger partial charge in [-0.1, -0.05) is 51.0 Å². The van der Waals surface area contributed by atoms with Gasteiger partial charge in [0.05, 0.1) is 11.7 Å². The van der Waals surface area contributed by atoms with Gasteiger partial charge in [-0.25, -0.2) is 0 Å². The van der Waals surface area contributed by atoms with Gasteiger partial charge in [-0.3, -0.25) is 0 Å². The number of halogens is 2. The Bertz CT molecular complexity index is 763. The summed E-state index contributed by atoms with van der Waals surface area (Å²) in [7, 11) is 0. The summed E-state index contributed by atoms with van der Waals surface area (Å²) < 4.78 is 29.2. The minimum absolute atomic E-state index is 0.0143. The van der Waals surface area contributed by atoms with E-state index in [0.717, 1.165) is 51.4 Å². The lowest BCUT2D eigenvalue weighted by atomic mass is 9.60. The second-order valence-corrected chi connectivity index (χ2v) is 11.5. The van der Waals surface area contributed by atoms with Crippen molar-refractivity contribution in [3.05, 3.63) is 35.5 Å². The molecule has 6 atom stereocenters. The molecule has 3 aliphatic carbocycles. The summed E-state index contributed by atoms with van der Waals surface area (Å²) in [5.74, 6) is -1.84. The van der Waals surface area contributed by atoms with Gasteiger partial charge >= 0.3 is 0 Å². The molecule has 0 aliphatic heterocycles. The average molecular weight is 453 g/mol. The van der Waals surface area contributed by atoms with E-state index in [1.165, 1.54) is 11.6 Å². The number of hydrogen-bond donors (Lipinski definition) is 3. The molecule has 0 aromatic heterocycles. The Hall–Kier alpha value is -1.04. The molecule has 3 aliphatic rings. The van der Waals surface area contributed by atoms with Crippen LogP contribution < -0.4 is 0 Å². The van der Waals surface area contributed by atoms with Gasteiger partial charge in [0.25, 0.3) is 5.92 Å². The van der Waals surface area contributed by atoms with E-state index in [4.69, 9.17) is 0 Å². The van der Waals surface area contributed by atoms with E-state index in [0.29, 0.717) is 17.8 Å². The van der Waals surface area contributed by atoms with Gasteiger partial charge in [-0.15, -0.1) is 0 Å². The summed E-state index contributed by atoms with van der Waals surface area (Å²) >= 11 is 0. The van der Waals surface area contributed by atoms with Crippen LogP contribution in [0.1, 0.15) is 85.5 Å². The third kappa shape index (κ3) is 5.05. The largest absolute Gasteiger partial charge is 0.390 e. The summed E-state index contributed by atoms with van der Waals surface area (Å²) in [4.78, 5) is 0. The summed E-state index contributed by atoms with van der Waals surface area (Å²) in [6.45, 7) is 12.1. The highest BCUT2D eigenvalue weighted by atomic mass is 19.3. The normalized spacial score (nSPS) is 38.8. The van der Waals surface area contributed by atoms with Crippen LogP contribution in [0.15, 0.2) is 35.5 Å². The molecule has 0 radical (unpaired) electrons. The van der Waals surface area contributed by atoms with E-state index in [9.17, 15) is 24.1 Å². The Kier molecular flexibility index (Phi) is 7.44. The molecular weight excluding hydrogens is 410 g/mol. The van der Waals surface area contributed by atoms with Crippen LogP contribution in [-0.2, 0) is 0 Å². The van der Waals surface area contributed by atoms with E-state index in [-0.39, 0.29) is 23.0 Å². The number of aliphatic hydroxyl groups excluding tert-OH is 2. The van der Waals surface area contributed by atoms with Crippen molar-refractivity contribution < 1.29 is 24.1 Å². The zero-order valence-electron chi connectivity index (χ0n) is 20.2. The highest BCUT2D eigenvalue weighted by Gasteiger charge is 2.51. The van der Waals surface area contributed by atoms with Crippen molar-refractivity contribution in [3.63, 3.8) is 0 Å². The molecule has 0 bridgehead atoms. The minimum atomic E-state index is -3.39. The fourth-order valence-corrected chi connectivity index (χ4v) is 6.76. The lowest BCUT2D eigenvalue weighted by molar-refractivity contribution is -0.103. The zero-order valence-corrected chi connectivity index (χ0v) is 20.2. The van der Waals surface area contributed by atoms with E-state index in [2.05, 4.69) is 20.4 Å². The molecule has 182 valence electrons. The summed E-state index contributed by atoms with van der Waals surface area (Å²) in [5.41, 5.74) is 0.443. The van der Waals surface area contributed by atoms with Crippen LogP contribution in [0.25, 0.3) is 0 Å². The van der Waals surface area contributed by atoms with Crippen LogP contribution in [0.2, 0.25) is 0 Å². The first kappa shape index (κ1) is 25.6. The van der Waals surface area contributed by atoms with E-state index >= 15 is 0 Å². The number of hydrogen-bond acceptors (Lipinski definition) is 3. The summed E-state index contributed by atoms with van der Waals surface area (Å²) in [6, 6.07) is 0. The van der Waals surface area contributed by atoms with Crippen LogP contribution in [0.4, 0.5) is 8.78 Å². The predicted octanol–water partition coefficient (Wildman–Crippen LogP) is 5.95. The summed E-state index contributed by atoms with van der Waals surface area (Å²) in [6.07, 6.45) is 8.12. The molecule has 3 nitrogen and oxygen atoms in total. The fraction of sp³-hybridized carbons (Fsp3) is 0.778. The topological polar surface area (TPSA) is 60.7 Å². The first-order valence-electron chi connectivity index (χ1n) is 12.3. The Morgan fingerprint density at radius 1 is 1.22 bits per heavy atom. The lowest BCUT2D eigenvalue weighted by Gasteiger charge is -2.44. The van der Waals surface area contributed by atoms with Crippen molar-refractivity contribution in [1.29, 1.82) is 0 Å². The molecule has 2 unspecified atom stereocenters. The Morgan fingerprint density at radius 3 is 2.56 bits per heavy atom. The Balaban J connectivity index is 1.77. The Labute approximate surface area is 192 Å². The maximum Gasteiger partial charge on any atom is 0.298 e. The van der Waals surface area contributed by atoms with Gasteiger partial charge in [0.15, 0.2) is 0 Å². The second-order valence-electron chi connectivity index (χ2n) is 11.5. The van der Waals surface area contributed by atoms with Gasteiger partial charge in [0.2, 0.25) is 0 Å². The lowest BCUT2D eigenvalue weighted by Crippen LogP contribution is -2.44. The van der Waals surface area contributed by atoms with E-state index in [1.54, 1.807) is 0 Å². The molecule has 32 heavy (non-hydrogen) atoms. The molecule has 0 aromatic carbocycles. The molecule has 5 heteroatoms. The molecule has 3 rings (SSSR count). The van der Waals surface area contributed by atoms with Crippen molar-refractivity contribution in [1.82, 2.24) is 0 Å². The Morgan fingerprint density at radius 2 is 1.91 bits per heavy atom. The number of fused-ring (bicyclic) bond motifs is 1. The van der Waals surface area contributed by atoms with Crippen LogP contribution in [0, 0.1) is 23.2 Å². The number of rotatable bonds is 6. The fourth-order valence-electron chi connectivity index (χ4n) is 6.76. The molecule has 3 fully saturated rings. The molecule has 0 spiro atoms. The first-order valence-corrected chi connectivity index (χ1v) is 12.3. The van der Waals surface area contributed by atoms with Gasteiger partial charge in [-0.2, -0.15) is 8.78 Å². The van der Waals surface area contributed by atoms with Crippen LogP contribution in [0.5, 0.6) is 0 Å². The van der Waals surface area contributed by atoms with Gasteiger partial charge < -0.3 is 15.3 Å². The smallest absolute Gasteiger partial charge is 0.298 e. The monoisotopic (exact) mass is 452 g/mol. The summed E-state index contributed by atoms with van der Waals surface area (Å²) in [5, 5.41) is 29.9. The third-order valence-corrected chi connectivity index (χ3v) is 8.61. The second kappa shape index (κ2) is 9.31. The standard InChI is InChI=1S/C27H42F2O3/c1-17(8-6-14-25(3,4)32)20-12-13-22-19(9-7-15-26(20,22)5)10-11-21-18(2)23(30)16-24(31)27(21,28)29/h10-11,17,20,22-24,30-32H,2,6-9,12-16H2,1,3-5H3/t17-,20-,22?,23?,24+,26-/m1/s1. The number of alkyl halides is 2.